The van der Waals surface area contributed by atoms with E-state index in [1.54, 1.807) is 23.2 Å². The SMILES string of the molecule is CC1(C)CCC(c2cccc(F)c2)N(CC(=O)Nc2ccc3c(c2)CC2(C3)C(=O)Nc3ncccc32)C1=O. The topological polar surface area (TPSA) is 91.4 Å². The summed E-state index contributed by atoms with van der Waals surface area (Å²) in [6.07, 6.45) is 4.07. The number of carbonyl (C=O) groups is 3. The number of anilines is 2. The molecule has 1 aromatic heterocycles. The maximum atomic E-state index is 14.0. The van der Waals surface area contributed by atoms with Gasteiger partial charge < -0.3 is 15.5 Å². The van der Waals surface area contributed by atoms with Gasteiger partial charge >= 0.3 is 0 Å². The summed E-state index contributed by atoms with van der Waals surface area (Å²) in [5, 5.41) is 5.85. The lowest BCUT2D eigenvalue weighted by Crippen LogP contribution is -2.50. The van der Waals surface area contributed by atoms with Crippen molar-refractivity contribution in [2.24, 2.45) is 5.41 Å². The number of carbonyl (C=O) groups excluding carboxylic acids is 3. The maximum Gasteiger partial charge on any atom is 0.244 e. The molecule has 194 valence electrons. The third-order valence-electron chi connectivity index (χ3n) is 8.27. The number of likely N-dealkylation sites (tertiary alicyclic amines) is 1. The van der Waals surface area contributed by atoms with Gasteiger partial charge in [-0.15, -0.1) is 0 Å². The minimum Gasteiger partial charge on any atom is -0.326 e. The van der Waals surface area contributed by atoms with Crippen molar-refractivity contribution in [3.8, 4) is 0 Å². The fraction of sp³-hybridized carbons (Fsp3) is 0.333. The van der Waals surface area contributed by atoms with Crippen molar-refractivity contribution < 1.29 is 18.8 Å². The van der Waals surface area contributed by atoms with E-state index in [2.05, 4.69) is 15.6 Å². The van der Waals surface area contributed by atoms with Crippen molar-refractivity contribution in [2.45, 2.75) is 51.0 Å². The monoisotopic (exact) mass is 512 g/mol. The standard InChI is InChI=1S/C30H29FN4O3/c1-29(2)11-10-24(18-5-3-6-21(31)13-18)35(28(29)38)17-25(36)33-22-9-8-19-15-30(16-20(19)14-22)23-7-4-12-32-26(23)34-27(30)37/h3-9,12-14,24H,10-11,15-17H2,1-2H3,(H,33,36)(H,32,34,37). The number of amides is 3. The zero-order chi connectivity index (χ0) is 26.7. The van der Waals surface area contributed by atoms with Crippen LogP contribution in [0.3, 0.4) is 0 Å². The fourth-order valence-corrected chi connectivity index (χ4v) is 6.23. The van der Waals surface area contributed by atoms with Crippen LogP contribution in [0.25, 0.3) is 0 Å². The first-order valence-corrected chi connectivity index (χ1v) is 12.9. The first-order valence-electron chi connectivity index (χ1n) is 12.9. The van der Waals surface area contributed by atoms with Gasteiger partial charge in [0.25, 0.3) is 0 Å². The van der Waals surface area contributed by atoms with E-state index in [4.69, 9.17) is 0 Å². The molecular formula is C30H29FN4O3. The van der Waals surface area contributed by atoms with Gasteiger partial charge in [-0.1, -0.05) is 38.1 Å². The summed E-state index contributed by atoms with van der Waals surface area (Å²) in [6.45, 7) is 3.63. The van der Waals surface area contributed by atoms with Gasteiger partial charge in [0, 0.05) is 22.9 Å². The van der Waals surface area contributed by atoms with Gasteiger partial charge in [0.15, 0.2) is 0 Å². The number of aromatic nitrogens is 1. The van der Waals surface area contributed by atoms with Gasteiger partial charge in [0.1, 0.15) is 18.2 Å². The molecule has 0 radical (unpaired) electrons. The van der Waals surface area contributed by atoms with Gasteiger partial charge in [-0.25, -0.2) is 9.37 Å². The van der Waals surface area contributed by atoms with Crippen LogP contribution < -0.4 is 10.6 Å². The zero-order valence-electron chi connectivity index (χ0n) is 21.4. The van der Waals surface area contributed by atoms with Crippen LogP contribution in [0.15, 0.2) is 60.8 Å². The summed E-state index contributed by atoms with van der Waals surface area (Å²) in [6, 6.07) is 15.3. The number of pyridine rings is 1. The van der Waals surface area contributed by atoms with Crippen molar-refractivity contribution >= 4 is 29.2 Å². The number of nitrogens with one attached hydrogen (secondary N) is 2. The second kappa shape index (κ2) is 8.75. The highest BCUT2D eigenvalue weighted by Crippen LogP contribution is 2.47. The van der Waals surface area contributed by atoms with E-state index in [-0.39, 0.29) is 36.1 Å². The van der Waals surface area contributed by atoms with Crippen molar-refractivity contribution in [1.29, 1.82) is 0 Å². The molecule has 2 aliphatic heterocycles. The van der Waals surface area contributed by atoms with E-state index in [0.29, 0.717) is 42.8 Å². The molecule has 3 heterocycles. The highest BCUT2D eigenvalue weighted by Gasteiger charge is 2.51. The van der Waals surface area contributed by atoms with Crippen LogP contribution in [-0.2, 0) is 32.6 Å². The molecular weight excluding hydrogens is 483 g/mol. The second-order valence-corrected chi connectivity index (χ2v) is 11.2. The summed E-state index contributed by atoms with van der Waals surface area (Å²) < 4.78 is 14.0. The molecule has 2 aromatic carbocycles. The minimum atomic E-state index is -0.682. The molecule has 8 heteroatoms. The van der Waals surface area contributed by atoms with Gasteiger partial charge in [-0.05, 0) is 72.7 Å². The maximum absolute atomic E-state index is 14.0. The Morgan fingerprint density at radius 3 is 2.74 bits per heavy atom. The predicted molar refractivity (Wildman–Crippen MR) is 141 cm³/mol. The van der Waals surface area contributed by atoms with Gasteiger partial charge in [0.2, 0.25) is 17.7 Å². The number of piperidine rings is 1. The Labute approximate surface area is 220 Å². The van der Waals surface area contributed by atoms with E-state index in [1.165, 1.54) is 12.1 Å². The number of rotatable bonds is 4. The van der Waals surface area contributed by atoms with E-state index in [9.17, 15) is 18.8 Å². The molecule has 6 rings (SSSR count). The highest BCUT2D eigenvalue weighted by atomic mass is 19.1. The Bertz CT molecular complexity index is 1490. The molecule has 3 amide bonds. The van der Waals surface area contributed by atoms with E-state index < -0.39 is 10.8 Å². The molecule has 1 spiro atoms. The Kier molecular flexibility index (Phi) is 5.59. The Morgan fingerprint density at radius 1 is 1.11 bits per heavy atom. The van der Waals surface area contributed by atoms with E-state index in [1.807, 2.05) is 44.2 Å². The quantitative estimate of drug-likeness (QED) is 0.537. The summed E-state index contributed by atoms with van der Waals surface area (Å²) in [4.78, 5) is 45.4. The molecule has 7 nitrogen and oxygen atoms in total. The molecule has 3 aromatic rings. The average molecular weight is 513 g/mol. The van der Waals surface area contributed by atoms with Crippen LogP contribution in [0.5, 0.6) is 0 Å². The average Bonchev–Trinajstić information content (AvgIpc) is 3.39. The fourth-order valence-electron chi connectivity index (χ4n) is 6.23. The Morgan fingerprint density at radius 2 is 1.92 bits per heavy atom. The molecule has 1 saturated heterocycles. The molecule has 0 bridgehead atoms. The molecule has 3 aliphatic rings. The van der Waals surface area contributed by atoms with E-state index in [0.717, 1.165) is 16.7 Å². The summed E-state index contributed by atoms with van der Waals surface area (Å²) in [5.41, 5.74) is 2.99. The van der Waals surface area contributed by atoms with Crippen LogP contribution in [-0.4, -0.2) is 34.2 Å². The van der Waals surface area contributed by atoms with Crippen LogP contribution in [0.1, 0.15) is 55.0 Å². The van der Waals surface area contributed by atoms with Crippen molar-refractivity contribution in [3.63, 3.8) is 0 Å². The first-order chi connectivity index (χ1) is 18.2. The van der Waals surface area contributed by atoms with Crippen LogP contribution in [0.4, 0.5) is 15.9 Å². The molecule has 2 unspecified atom stereocenters. The number of fused-ring (bicyclic) bond motifs is 3. The molecule has 0 saturated carbocycles. The molecule has 2 atom stereocenters. The highest BCUT2D eigenvalue weighted by molar-refractivity contribution is 6.06. The minimum absolute atomic E-state index is 0.0531. The van der Waals surface area contributed by atoms with Crippen LogP contribution >= 0.6 is 0 Å². The van der Waals surface area contributed by atoms with Gasteiger partial charge in [-0.3, -0.25) is 14.4 Å². The molecule has 2 N–H and O–H groups in total. The number of nitrogens with zero attached hydrogens (tertiary/aromatic N) is 2. The lowest BCUT2D eigenvalue weighted by atomic mass is 9.78. The normalized spacial score (nSPS) is 23.2. The third kappa shape index (κ3) is 3.95. The van der Waals surface area contributed by atoms with Crippen molar-refractivity contribution in [3.05, 3.63) is 88.9 Å². The number of hydrogen-bond acceptors (Lipinski definition) is 4. The second-order valence-electron chi connectivity index (χ2n) is 11.2. The lowest BCUT2D eigenvalue weighted by molar-refractivity contribution is -0.150. The lowest BCUT2D eigenvalue weighted by Gasteiger charge is -2.43. The van der Waals surface area contributed by atoms with Gasteiger partial charge in [-0.2, -0.15) is 0 Å². The van der Waals surface area contributed by atoms with Crippen LogP contribution in [0.2, 0.25) is 0 Å². The Balaban J connectivity index is 1.21. The summed E-state index contributed by atoms with van der Waals surface area (Å²) in [7, 11) is 0. The smallest absolute Gasteiger partial charge is 0.244 e. The van der Waals surface area contributed by atoms with Crippen molar-refractivity contribution in [1.82, 2.24) is 9.88 Å². The number of hydrogen-bond donors (Lipinski definition) is 2. The van der Waals surface area contributed by atoms with Gasteiger partial charge in [0.05, 0.1) is 11.5 Å². The molecule has 38 heavy (non-hydrogen) atoms. The van der Waals surface area contributed by atoms with Crippen molar-refractivity contribution in [2.75, 3.05) is 17.2 Å². The number of benzene rings is 2. The Hall–Kier alpha value is -4.07. The summed E-state index contributed by atoms with van der Waals surface area (Å²) in [5.74, 6) is -0.250. The molecule has 1 aliphatic carbocycles. The largest absolute Gasteiger partial charge is 0.326 e. The summed E-state index contributed by atoms with van der Waals surface area (Å²) >= 11 is 0. The van der Waals surface area contributed by atoms with Crippen LogP contribution in [0, 0.1) is 11.2 Å². The zero-order valence-corrected chi connectivity index (χ0v) is 21.4. The number of halogens is 1. The van der Waals surface area contributed by atoms with E-state index >= 15 is 0 Å². The predicted octanol–water partition coefficient (Wildman–Crippen LogP) is 4.54. The third-order valence-corrected chi connectivity index (χ3v) is 8.27. The molecule has 1 fully saturated rings. The first kappa shape index (κ1) is 24.3.